The summed E-state index contributed by atoms with van der Waals surface area (Å²) in [6.45, 7) is 3.02. The Balaban J connectivity index is 1.41. The number of aryl methyl sites for hydroxylation is 1. The average molecular weight is 427 g/mol. The summed E-state index contributed by atoms with van der Waals surface area (Å²) in [5.41, 5.74) is 2.65. The van der Waals surface area contributed by atoms with E-state index in [2.05, 4.69) is 21.8 Å². The molecule has 7 heteroatoms. The van der Waals surface area contributed by atoms with Crippen LogP contribution in [-0.4, -0.2) is 40.1 Å². The van der Waals surface area contributed by atoms with Gasteiger partial charge in [-0.1, -0.05) is 36.6 Å². The molecule has 0 bridgehead atoms. The summed E-state index contributed by atoms with van der Waals surface area (Å²) < 4.78 is 7.65. The van der Waals surface area contributed by atoms with Crippen LogP contribution in [0.1, 0.15) is 31.5 Å². The van der Waals surface area contributed by atoms with Gasteiger partial charge in [0.2, 0.25) is 0 Å². The van der Waals surface area contributed by atoms with Crippen molar-refractivity contribution >= 4 is 34.2 Å². The van der Waals surface area contributed by atoms with Crippen LogP contribution < -0.4 is 10.1 Å². The summed E-state index contributed by atoms with van der Waals surface area (Å²) in [4.78, 5) is 19.6. The van der Waals surface area contributed by atoms with E-state index in [-0.39, 0.29) is 12.5 Å². The number of nitrogens with zero attached hydrogens (tertiary/aromatic N) is 3. The maximum Gasteiger partial charge on any atom is 0.262 e. The van der Waals surface area contributed by atoms with Crippen LogP contribution in [0.4, 0.5) is 5.69 Å². The number of carbonyl (C=O) groups is 1. The largest absolute Gasteiger partial charge is 0.482 e. The van der Waals surface area contributed by atoms with Gasteiger partial charge < -0.3 is 14.6 Å². The number of para-hydroxylation sites is 1. The molecule has 0 saturated carbocycles. The third-order valence-corrected chi connectivity index (χ3v) is 5.83. The van der Waals surface area contributed by atoms with Gasteiger partial charge in [0.1, 0.15) is 11.6 Å². The molecule has 0 unspecified atom stereocenters. The molecule has 2 heterocycles. The smallest absolute Gasteiger partial charge is 0.262 e. The molecule has 4 rings (SSSR count). The number of anilines is 1. The number of likely N-dealkylation sites (tertiary alicyclic amines) is 1. The number of fused-ring (bicyclic) bond motifs is 1. The van der Waals surface area contributed by atoms with E-state index in [0.717, 1.165) is 36.5 Å². The number of halogens is 1. The molecule has 1 saturated heterocycles. The molecule has 1 fully saturated rings. The quantitative estimate of drug-likeness (QED) is 0.624. The molecule has 30 heavy (non-hydrogen) atoms. The molecule has 1 aliphatic rings. The number of aromatic nitrogens is 2. The predicted molar refractivity (Wildman–Crippen MR) is 120 cm³/mol. The van der Waals surface area contributed by atoms with E-state index in [0.29, 0.717) is 16.5 Å². The van der Waals surface area contributed by atoms with Crippen LogP contribution in [0.5, 0.6) is 5.75 Å². The molecule has 1 amide bonds. The minimum Gasteiger partial charge on any atom is -0.482 e. The number of ether oxygens (including phenoxy) is 1. The number of amides is 1. The zero-order chi connectivity index (χ0) is 20.9. The molecular weight excluding hydrogens is 400 g/mol. The lowest BCUT2D eigenvalue weighted by molar-refractivity contribution is -0.118. The van der Waals surface area contributed by atoms with Crippen molar-refractivity contribution in [1.82, 2.24) is 14.5 Å². The van der Waals surface area contributed by atoms with Crippen LogP contribution >= 0.6 is 11.6 Å². The third-order valence-electron chi connectivity index (χ3n) is 5.52. The maximum absolute atomic E-state index is 12.3. The van der Waals surface area contributed by atoms with Crippen LogP contribution in [0.25, 0.3) is 11.0 Å². The van der Waals surface area contributed by atoms with E-state index < -0.39 is 0 Å². The van der Waals surface area contributed by atoms with Crippen molar-refractivity contribution in [3.63, 3.8) is 0 Å². The monoisotopic (exact) mass is 426 g/mol. The number of imidazole rings is 1. The molecular formula is C23H27ClN4O2. The highest BCUT2D eigenvalue weighted by atomic mass is 35.5. The fourth-order valence-electron chi connectivity index (χ4n) is 3.87. The van der Waals surface area contributed by atoms with Gasteiger partial charge in [0.25, 0.3) is 5.91 Å². The molecule has 1 aromatic heterocycles. The summed E-state index contributed by atoms with van der Waals surface area (Å²) in [5.74, 6) is 1.31. The summed E-state index contributed by atoms with van der Waals surface area (Å²) in [5, 5.41) is 3.36. The van der Waals surface area contributed by atoms with Crippen LogP contribution in [0.2, 0.25) is 5.02 Å². The van der Waals surface area contributed by atoms with Crippen molar-refractivity contribution in [2.45, 2.75) is 32.2 Å². The Kier molecular flexibility index (Phi) is 6.55. The molecule has 1 N–H and O–H groups in total. The minimum atomic E-state index is -0.241. The van der Waals surface area contributed by atoms with Gasteiger partial charge in [0.15, 0.2) is 6.61 Å². The van der Waals surface area contributed by atoms with E-state index in [1.54, 1.807) is 12.1 Å². The van der Waals surface area contributed by atoms with Gasteiger partial charge in [-0.3, -0.25) is 9.69 Å². The van der Waals surface area contributed by atoms with E-state index in [1.807, 2.05) is 30.3 Å². The topological polar surface area (TPSA) is 59.4 Å². The Labute approximate surface area is 181 Å². The zero-order valence-electron chi connectivity index (χ0n) is 17.2. The summed E-state index contributed by atoms with van der Waals surface area (Å²) >= 11 is 6.06. The van der Waals surface area contributed by atoms with Gasteiger partial charge >= 0.3 is 0 Å². The number of hydrogen-bond donors (Lipinski definition) is 1. The van der Waals surface area contributed by atoms with Crippen LogP contribution in [0.15, 0.2) is 42.5 Å². The first kappa shape index (κ1) is 20.7. The molecule has 0 aliphatic carbocycles. The Morgan fingerprint density at radius 2 is 1.90 bits per heavy atom. The Morgan fingerprint density at radius 1 is 1.13 bits per heavy atom. The first-order valence-corrected chi connectivity index (χ1v) is 10.8. The van der Waals surface area contributed by atoms with Gasteiger partial charge in [-0.15, -0.1) is 0 Å². The van der Waals surface area contributed by atoms with Gasteiger partial charge in [-0.25, -0.2) is 4.98 Å². The Bertz CT molecular complexity index is 1030. The second-order valence-electron chi connectivity index (χ2n) is 7.75. The lowest BCUT2D eigenvalue weighted by Gasteiger charge is -2.19. The van der Waals surface area contributed by atoms with E-state index >= 15 is 0 Å². The molecule has 2 aromatic carbocycles. The number of carbonyl (C=O) groups excluding carboxylic acids is 1. The highest BCUT2D eigenvalue weighted by molar-refractivity contribution is 6.32. The maximum atomic E-state index is 12.3. The van der Waals surface area contributed by atoms with Crippen molar-refractivity contribution in [3.05, 3.63) is 53.3 Å². The second-order valence-corrected chi connectivity index (χ2v) is 8.16. The van der Waals surface area contributed by atoms with E-state index in [4.69, 9.17) is 21.3 Å². The molecule has 0 atom stereocenters. The lowest BCUT2D eigenvalue weighted by atomic mass is 10.2. The van der Waals surface area contributed by atoms with Crippen LogP contribution in [-0.2, 0) is 18.4 Å². The normalized spacial score (nSPS) is 15.1. The fourth-order valence-corrected chi connectivity index (χ4v) is 4.06. The molecule has 3 aromatic rings. The lowest BCUT2D eigenvalue weighted by Crippen LogP contribution is -2.25. The first-order valence-electron chi connectivity index (χ1n) is 10.4. The van der Waals surface area contributed by atoms with E-state index in [1.165, 1.54) is 25.7 Å². The first-order chi connectivity index (χ1) is 14.6. The van der Waals surface area contributed by atoms with Gasteiger partial charge in [0.05, 0.1) is 22.6 Å². The molecule has 0 radical (unpaired) electrons. The molecule has 158 valence electrons. The summed E-state index contributed by atoms with van der Waals surface area (Å²) in [6, 6.07) is 12.9. The highest BCUT2D eigenvalue weighted by Gasteiger charge is 2.15. The Morgan fingerprint density at radius 3 is 2.67 bits per heavy atom. The van der Waals surface area contributed by atoms with Gasteiger partial charge in [-0.05, 0) is 56.3 Å². The standard InChI is InChI=1S/C23H27ClN4O2/c1-27-20-11-10-17(25-23(29)16-30-21-9-5-4-8-18(21)24)14-19(20)26-22(27)15-28-12-6-2-3-7-13-28/h4-5,8-11,14H,2-3,6-7,12-13,15-16H2,1H3,(H,25,29). The molecule has 0 spiro atoms. The molecule has 1 aliphatic heterocycles. The Hall–Kier alpha value is -2.57. The number of rotatable bonds is 6. The fraction of sp³-hybridized carbons (Fsp3) is 0.391. The molecule has 6 nitrogen and oxygen atoms in total. The number of nitrogens with one attached hydrogen (secondary N) is 1. The average Bonchev–Trinajstić information content (AvgIpc) is 2.89. The SMILES string of the molecule is Cn1c(CN2CCCCCC2)nc2cc(NC(=O)COc3ccccc3Cl)ccc21. The van der Waals surface area contributed by atoms with E-state index in [9.17, 15) is 4.79 Å². The number of benzene rings is 2. The number of hydrogen-bond acceptors (Lipinski definition) is 4. The summed E-state index contributed by atoms with van der Waals surface area (Å²) in [7, 11) is 2.05. The van der Waals surface area contributed by atoms with Crippen molar-refractivity contribution in [1.29, 1.82) is 0 Å². The van der Waals surface area contributed by atoms with Crippen molar-refractivity contribution < 1.29 is 9.53 Å². The van der Waals surface area contributed by atoms with Crippen molar-refractivity contribution in [3.8, 4) is 5.75 Å². The predicted octanol–water partition coefficient (Wildman–Crippen LogP) is 4.62. The summed E-state index contributed by atoms with van der Waals surface area (Å²) in [6.07, 6.45) is 5.16. The second kappa shape index (κ2) is 9.49. The van der Waals surface area contributed by atoms with Crippen molar-refractivity contribution in [2.75, 3.05) is 25.0 Å². The third kappa shape index (κ3) is 4.94. The zero-order valence-corrected chi connectivity index (χ0v) is 18.0. The van der Waals surface area contributed by atoms with Gasteiger partial charge in [-0.2, -0.15) is 0 Å². The minimum absolute atomic E-state index is 0.107. The highest BCUT2D eigenvalue weighted by Crippen LogP contribution is 2.24. The van der Waals surface area contributed by atoms with Crippen LogP contribution in [0.3, 0.4) is 0 Å². The van der Waals surface area contributed by atoms with Crippen molar-refractivity contribution in [2.24, 2.45) is 7.05 Å². The van der Waals surface area contributed by atoms with Crippen LogP contribution in [0, 0.1) is 0 Å². The van der Waals surface area contributed by atoms with Gasteiger partial charge in [0, 0.05) is 12.7 Å².